The van der Waals surface area contributed by atoms with Gasteiger partial charge < -0.3 is 5.11 Å². The zero-order valence-corrected chi connectivity index (χ0v) is 19.9. The molecule has 2 aromatic carbocycles. The van der Waals surface area contributed by atoms with Crippen molar-refractivity contribution in [1.82, 2.24) is 9.71 Å². The Hall–Kier alpha value is -3.72. The van der Waals surface area contributed by atoms with Crippen LogP contribution in [0.3, 0.4) is 0 Å². The van der Waals surface area contributed by atoms with E-state index in [9.17, 15) is 31.5 Å². The highest BCUT2D eigenvalue weighted by Gasteiger charge is 2.30. The van der Waals surface area contributed by atoms with Crippen molar-refractivity contribution >= 4 is 38.2 Å². The van der Waals surface area contributed by atoms with E-state index < -0.39 is 33.8 Å². The van der Waals surface area contributed by atoms with Crippen LogP contribution in [0.4, 0.5) is 13.2 Å². The Balaban J connectivity index is 1.48. The number of pyridine rings is 1. The number of benzene rings is 2. The fourth-order valence-electron chi connectivity index (χ4n) is 3.30. The van der Waals surface area contributed by atoms with E-state index in [-0.39, 0.29) is 10.6 Å². The van der Waals surface area contributed by atoms with Gasteiger partial charge in [-0.25, -0.2) is 8.42 Å². The van der Waals surface area contributed by atoms with E-state index in [1.165, 1.54) is 30.5 Å². The second-order valence-electron chi connectivity index (χ2n) is 7.70. The van der Waals surface area contributed by atoms with Crippen molar-refractivity contribution in [1.29, 1.82) is 0 Å². The van der Waals surface area contributed by atoms with Gasteiger partial charge in [0, 0.05) is 23.6 Å². The lowest BCUT2D eigenvalue weighted by Crippen LogP contribution is -2.42. The zero-order chi connectivity index (χ0) is 25.9. The molecule has 1 unspecified atom stereocenters. The number of aliphatic carboxylic acids is 1. The topological polar surface area (TPSA) is 96.4 Å². The number of rotatable bonds is 6. The number of carboxylic acid groups (broad SMARTS) is 1. The number of carboxylic acids is 1. The molecule has 4 aromatic rings. The van der Waals surface area contributed by atoms with Crippen LogP contribution in [0.1, 0.15) is 21.6 Å². The third kappa shape index (κ3) is 6.09. The van der Waals surface area contributed by atoms with E-state index >= 15 is 0 Å². The number of aromatic nitrogens is 1. The average molecular weight is 531 g/mol. The van der Waals surface area contributed by atoms with Crippen molar-refractivity contribution in [3.8, 4) is 11.8 Å². The maximum Gasteiger partial charge on any atom is 0.416 e. The molecule has 0 fully saturated rings. The van der Waals surface area contributed by atoms with Crippen molar-refractivity contribution in [2.45, 2.75) is 22.8 Å². The fraction of sp³-hybridized carbons (Fsp3) is 0.120. The summed E-state index contributed by atoms with van der Waals surface area (Å²) in [4.78, 5) is 16.4. The standard InChI is InChI=1S/C25H17F3N2O4S2/c26-25(27,28)19-8-5-16(6-9-19)7-10-20-11-12-23(35-20)36(33,34)30-22(24(31)32)14-17-13-18-3-1-2-4-21(18)29-15-17/h1-6,8-9,11-13,15,22,30H,14H2,(H,31,32). The van der Waals surface area contributed by atoms with Crippen LogP contribution in [0.5, 0.6) is 0 Å². The summed E-state index contributed by atoms with van der Waals surface area (Å²) in [6.45, 7) is 0. The average Bonchev–Trinajstić information content (AvgIpc) is 3.32. The number of carbonyl (C=O) groups is 1. The molecule has 2 N–H and O–H groups in total. The van der Waals surface area contributed by atoms with Gasteiger partial charge in [0.2, 0.25) is 0 Å². The maximum atomic E-state index is 12.8. The quantitative estimate of drug-likeness (QED) is 0.353. The van der Waals surface area contributed by atoms with Crippen LogP contribution in [0.2, 0.25) is 0 Å². The van der Waals surface area contributed by atoms with Crippen molar-refractivity contribution in [2.75, 3.05) is 0 Å². The minimum atomic E-state index is -4.45. The first-order valence-corrected chi connectivity index (χ1v) is 12.7. The summed E-state index contributed by atoms with van der Waals surface area (Å²) in [6.07, 6.45) is -3.06. The van der Waals surface area contributed by atoms with Gasteiger partial charge in [-0.1, -0.05) is 30.0 Å². The molecule has 0 saturated heterocycles. The summed E-state index contributed by atoms with van der Waals surface area (Å²) in [7, 11) is -4.18. The number of nitrogens with one attached hydrogen (secondary N) is 1. The molecule has 6 nitrogen and oxygen atoms in total. The van der Waals surface area contributed by atoms with E-state index in [1.54, 1.807) is 6.07 Å². The Labute approximate surface area is 208 Å². The van der Waals surface area contributed by atoms with Gasteiger partial charge in [-0.05, 0) is 54.1 Å². The number of hydrogen-bond acceptors (Lipinski definition) is 5. The third-order valence-corrected chi connectivity index (χ3v) is 8.04. The molecule has 0 amide bonds. The third-order valence-electron chi connectivity index (χ3n) is 5.07. The Morgan fingerprint density at radius 2 is 1.78 bits per heavy atom. The van der Waals surface area contributed by atoms with Crippen molar-refractivity contribution in [2.24, 2.45) is 0 Å². The fourth-order valence-corrected chi connectivity index (χ4v) is 5.66. The molecule has 36 heavy (non-hydrogen) atoms. The van der Waals surface area contributed by atoms with E-state index in [0.717, 1.165) is 34.4 Å². The number of sulfonamides is 1. The maximum absolute atomic E-state index is 12.8. The molecule has 0 aliphatic heterocycles. The number of halogens is 3. The summed E-state index contributed by atoms with van der Waals surface area (Å²) in [5.74, 6) is 4.06. The monoisotopic (exact) mass is 530 g/mol. The lowest BCUT2D eigenvalue weighted by Gasteiger charge is -2.14. The van der Waals surface area contributed by atoms with Gasteiger partial charge in [0.1, 0.15) is 10.3 Å². The first-order valence-electron chi connectivity index (χ1n) is 10.4. The minimum Gasteiger partial charge on any atom is -0.480 e. The molecule has 2 aromatic heterocycles. The highest BCUT2D eigenvalue weighted by Crippen LogP contribution is 2.29. The molecular weight excluding hydrogens is 513 g/mol. The molecule has 0 saturated carbocycles. The van der Waals surface area contributed by atoms with Gasteiger partial charge in [-0.2, -0.15) is 17.9 Å². The number of alkyl halides is 3. The molecule has 11 heteroatoms. The molecule has 0 aliphatic carbocycles. The minimum absolute atomic E-state index is 0.113. The second kappa shape index (κ2) is 10.1. The molecule has 0 bridgehead atoms. The Morgan fingerprint density at radius 1 is 1.06 bits per heavy atom. The SMILES string of the molecule is O=C(O)C(Cc1cnc2ccccc2c1)NS(=O)(=O)c1ccc(C#Cc2ccc(C(F)(F)F)cc2)s1. The van der Waals surface area contributed by atoms with E-state index in [1.807, 2.05) is 24.3 Å². The largest absolute Gasteiger partial charge is 0.480 e. The highest BCUT2D eigenvalue weighted by molar-refractivity contribution is 7.91. The van der Waals surface area contributed by atoms with E-state index in [0.29, 0.717) is 16.0 Å². The first kappa shape index (κ1) is 25.4. The number of fused-ring (bicyclic) bond motifs is 1. The second-order valence-corrected chi connectivity index (χ2v) is 10.7. The number of hydrogen-bond donors (Lipinski definition) is 2. The normalized spacial score (nSPS) is 12.6. The van der Waals surface area contributed by atoms with Crippen molar-refractivity contribution < 1.29 is 31.5 Å². The molecule has 4 rings (SSSR count). The number of nitrogens with zero attached hydrogens (tertiary/aromatic N) is 1. The summed E-state index contributed by atoms with van der Waals surface area (Å²) < 4.78 is 65.8. The smallest absolute Gasteiger partial charge is 0.416 e. The van der Waals surface area contributed by atoms with Gasteiger partial charge in [0.25, 0.3) is 10.0 Å². The molecule has 0 radical (unpaired) electrons. The van der Waals surface area contributed by atoms with E-state index in [2.05, 4.69) is 21.5 Å². The summed E-state index contributed by atoms with van der Waals surface area (Å²) in [6, 6.07) is 14.6. The van der Waals surface area contributed by atoms with Crippen molar-refractivity contribution in [3.63, 3.8) is 0 Å². The van der Waals surface area contributed by atoms with Crippen LogP contribution in [0.15, 0.2) is 77.1 Å². The lowest BCUT2D eigenvalue weighted by atomic mass is 10.1. The van der Waals surface area contributed by atoms with Gasteiger partial charge in [0.15, 0.2) is 0 Å². The Bertz CT molecular complexity index is 1590. The summed E-state index contributed by atoms with van der Waals surface area (Å²) in [5.41, 5.74) is 0.820. The molecule has 1 atom stereocenters. The van der Waals surface area contributed by atoms with Gasteiger partial charge in [-0.15, -0.1) is 11.3 Å². The highest BCUT2D eigenvalue weighted by atomic mass is 32.2. The van der Waals surface area contributed by atoms with Crippen LogP contribution in [0, 0.1) is 11.8 Å². The van der Waals surface area contributed by atoms with Crippen molar-refractivity contribution in [3.05, 3.63) is 94.5 Å². The van der Waals surface area contributed by atoms with Crippen LogP contribution in [-0.2, 0) is 27.4 Å². The van der Waals surface area contributed by atoms with E-state index in [4.69, 9.17) is 0 Å². The summed E-state index contributed by atoms with van der Waals surface area (Å²) >= 11 is 0.819. The Morgan fingerprint density at radius 3 is 2.47 bits per heavy atom. The first-order chi connectivity index (χ1) is 17.0. The molecule has 184 valence electrons. The van der Waals surface area contributed by atoms with Gasteiger partial charge >= 0.3 is 12.1 Å². The van der Waals surface area contributed by atoms with Crippen LogP contribution in [0.25, 0.3) is 10.9 Å². The lowest BCUT2D eigenvalue weighted by molar-refractivity contribution is -0.139. The van der Waals surface area contributed by atoms with Gasteiger partial charge in [0.05, 0.1) is 16.0 Å². The van der Waals surface area contributed by atoms with Crippen LogP contribution < -0.4 is 4.72 Å². The number of thiophene rings is 1. The van der Waals surface area contributed by atoms with Crippen LogP contribution >= 0.6 is 11.3 Å². The predicted molar refractivity (Wildman–Crippen MR) is 129 cm³/mol. The molecular formula is C25H17F3N2O4S2. The van der Waals surface area contributed by atoms with Gasteiger partial charge in [-0.3, -0.25) is 9.78 Å². The van der Waals surface area contributed by atoms with Crippen LogP contribution in [-0.4, -0.2) is 30.5 Å². The number of para-hydroxylation sites is 1. The molecule has 2 heterocycles. The molecule has 0 aliphatic rings. The predicted octanol–water partition coefficient (Wildman–Crippen LogP) is 4.69. The Kier molecular flexibility index (Phi) is 7.12. The molecule has 0 spiro atoms. The zero-order valence-electron chi connectivity index (χ0n) is 18.3. The summed E-state index contributed by atoms with van der Waals surface area (Å²) in [5, 5.41) is 10.4.